The number of nitrogens with two attached hydrogens (primary N) is 1. The standard InChI is InChI=1S/C18H12N4O2S/c19-16-12(17-22-13-3-1-2-4-15(13)25-17)7-11(9-21-16)10-5-6-14(18(23)24)20-8-10/h1-9H,(H2,19,21)(H,23,24). The molecule has 6 nitrogen and oxygen atoms in total. The number of nitrogen functional groups attached to an aromatic ring is 1. The van der Waals surface area contributed by atoms with E-state index in [2.05, 4.69) is 15.0 Å². The number of thiazole rings is 1. The van der Waals surface area contributed by atoms with E-state index in [1.165, 1.54) is 12.3 Å². The third-order valence-corrected chi connectivity index (χ3v) is 4.83. The molecule has 0 aliphatic heterocycles. The van der Waals surface area contributed by atoms with Gasteiger partial charge in [0.2, 0.25) is 0 Å². The van der Waals surface area contributed by atoms with E-state index in [0.717, 1.165) is 31.9 Å². The van der Waals surface area contributed by atoms with E-state index in [1.807, 2.05) is 30.3 Å². The molecule has 0 aliphatic rings. The third kappa shape index (κ3) is 2.81. The highest BCUT2D eigenvalue weighted by molar-refractivity contribution is 7.21. The molecule has 4 aromatic rings. The number of carbonyl (C=O) groups is 1. The Bertz CT molecular complexity index is 1060. The number of para-hydroxylation sites is 1. The number of carboxylic acid groups (broad SMARTS) is 1. The second-order valence-corrected chi connectivity index (χ2v) is 6.41. The molecule has 3 N–H and O–H groups in total. The Hall–Kier alpha value is -3.32. The molecule has 1 aromatic carbocycles. The molecule has 7 heteroatoms. The minimum atomic E-state index is -1.06. The van der Waals surface area contributed by atoms with Gasteiger partial charge in [-0.1, -0.05) is 18.2 Å². The minimum absolute atomic E-state index is 0.00134. The first-order valence-electron chi connectivity index (χ1n) is 7.43. The second kappa shape index (κ2) is 5.95. The number of anilines is 1. The number of fused-ring (bicyclic) bond motifs is 1. The maximum Gasteiger partial charge on any atom is 0.354 e. The van der Waals surface area contributed by atoms with Crippen molar-refractivity contribution in [2.75, 3.05) is 5.73 Å². The van der Waals surface area contributed by atoms with E-state index in [-0.39, 0.29) is 5.69 Å². The van der Waals surface area contributed by atoms with Gasteiger partial charge in [0.25, 0.3) is 0 Å². The smallest absolute Gasteiger partial charge is 0.354 e. The van der Waals surface area contributed by atoms with Gasteiger partial charge in [-0.15, -0.1) is 11.3 Å². The van der Waals surface area contributed by atoms with Gasteiger partial charge in [-0.2, -0.15) is 0 Å². The molecule has 0 amide bonds. The van der Waals surface area contributed by atoms with Crippen LogP contribution in [-0.2, 0) is 0 Å². The summed E-state index contributed by atoms with van der Waals surface area (Å²) in [6.45, 7) is 0. The molecule has 0 saturated heterocycles. The van der Waals surface area contributed by atoms with E-state index in [4.69, 9.17) is 10.8 Å². The summed E-state index contributed by atoms with van der Waals surface area (Å²) in [5.74, 6) is -0.657. The summed E-state index contributed by atoms with van der Waals surface area (Å²) in [4.78, 5) is 23.7. The lowest BCUT2D eigenvalue weighted by molar-refractivity contribution is 0.0690. The lowest BCUT2D eigenvalue weighted by Gasteiger charge is -2.06. The maximum absolute atomic E-state index is 10.9. The summed E-state index contributed by atoms with van der Waals surface area (Å²) in [6.07, 6.45) is 3.16. The van der Waals surface area contributed by atoms with Crippen LogP contribution in [0.15, 0.2) is 54.9 Å². The first-order valence-corrected chi connectivity index (χ1v) is 8.24. The van der Waals surface area contributed by atoms with Crippen LogP contribution in [0.3, 0.4) is 0 Å². The van der Waals surface area contributed by atoms with Crippen LogP contribution in [0.25, 0.3) is 31.9 Å². The van der Waals surface area contributed by atoms with Gasteiger partial charge >= 0.3 is 5.97 Å². The quantitative estimate of drug-likeness (QED) is 0.585. The highest BCUT2D eigenvalue weighted by Crippen LogP contribution is 2.34. The van der Waals surface area contributed by atoms with Crippen molar-refractivity contribution < 1.29 is 9.90 Å². The lowest BCUT2D eigenvalue weighted by Crippen LogP contribution is -1.99. The Kier molecular flexibility index (Phi) is 3.62. The monoisotopic (exact) mass is 348 g/mol. The third-order valence-electron chi connectivity index (χ3n) is 3.76. The Balaban J connectivity index is 1.79. The Labute approximate surface area is 146 Å². The van der Waals surface area contributed by atoms with Crippen molar-refractivity contribution in [3.05, 3.63) is 60.6 Å². The van der Waals surface area contributed by atoms with Gasteiger partial charge in [0.1, 0.15) is 16.5 Å². The van der Waals surface area contributed by atoms with Gasteiger partial charge in [-0.25, -0.2) is 19.7 Å². The Morgan fingerprint density at radius 1 is 1.04 bits per heavy atom. The van der Waals surface area contributed by atoms with Crippen molar-refractivity contribution in [2.24, 2.45) is 0 Å². The Morgan fingerprint density at radius 2 is 1.84 bits per heavy atom. The molecule has 4 rings (SSSR count). The summed E-state index contributed by atoms with van der Waals surface area (Å²) in [6, 6.07) is 12.9. The topological polar surface area (TPSA) is 102 Å². The summed E-state index contributed by atoms with van der Waals surface area (Å²) >= 11 is 1.55. The number of carboxylic acids is 1. The van der Waals surface area contributed by atoms with E-state index in [9.17, 15) is 4.79 Å². The summed E-state index contributed by atoms with van der Waals surface area (Å²) in [7, 11) is 0. The molecule has 25 heavy (non-hydrogen) atoms. The molecular weight excluding hydrogens is 336 g/mol. The number of hydrogen-bond donors (Lipinski definition) is 2. The first kappa shape index (κ1) is 15.2. The number of hydrogen-bond acceptors (Lipinski definition) is 6. The maximum atomic E-state index is 10.9. The number of pyridine rings is 2. The van der Waals surface area contributed by atoms with Crippen molar-refractivity contribution >= 4 is 33.3 Å². The van der Waals surface area contributed by atoms with Crippen LogP contribution in [0.4, 0.5) is 5.82 Å². The molecule has 3 heterocycles. The van der Waals surface area contributed by atoms with Crippen LogP contribution >= 0.6 is 11.3 Å². The van der Waals surface area contributed by atoms with Crippen LogP contribution in [0.1, 0.15) is 10.5 Å². The van der Waals surface area contributed by atoms with E-state index < -0.39 is 5.97 Å². The van der Waals surface area contributed by atoms with E-state index in [0.29, 0.717) is 5.82 Å². The van der Waals surface area contributed by atoms with Crippen LogP contribution in [-0.4, -0.2) is 26.0 Å². The molecule has 122 valence electrons. The summed E-state index contributed by atoms with van der Waals surface area (Å²) in [5.41, 5.74) is 9.28. The average Bonchev–Trinajstić information content (AvgIpc) is 3.06. The molecular formula is C18H12N4O2S. The fraction of sp³-hybridized carbons (Fsp3) is 0. The minimum Gasteiger partial charge on any atom is -0.477 e. The number of benzene rings is 1. The number of aromatic carboxylic acids is 1. The predicted octanol–water partition coefficient (Wildman–Crippen LogP) is 3.70. The zero-order valence-corrected chi connectivity index (χ0v) is 13.7. The molecule has 0 saturated carbocycles. The van der Waals surface area contributed by atoms with Crippen LogP contribution < -0.4 is 5.73 Å². The number of rotatable bonds is 3. The van der Waals surface area contributed by atoms with Crippen LogP contribution in [0.2, 0.25) is 0 Å². The SMILES string of the molecule is Nc1ncc(-c2ccc(C(=O)O)nc2)cc1-c1nc2ccccc2s1. The summed E-state index contributed by atoms with van der Waals surface area (Å²) in [5, 5.41) is 9.74. The van der Waals surface area contributed by atoms with Crippen molar-refractivity contribution in [1.82, 2.24) is 15.0 Å². The number of nitrogens with zero attached hydrogens (tertiary/aromatic N) is 3. The van der Waals surface area contributed by atoms with Crippen LogP contribution in [0.5, 0.6) is 0 Å². The molecule has 0 atom stereocenters. The van der Waals surface area contributed by atoms with E-state index >= 15 is 0 Å². The van der Waals surface area contributed by atoms with Crippen molar-refractivity contribution in [1.29, 1.82) is 0 Å². The van der Waals surface area contributed by atoms with Crippen LogP contribution in [0, 0.1) is 0 Å². The van der Waals surface area contributed by atoms with Crippen molar-refractivity contribution in [2.45, 2.75) is 0 Å². The number of aromatic nitrogens is 3. The molecule has 0 unspecified atom stereocenters. The van der Waals surface area contributed by atoms with Gasteiger partial charge in [0.05, 0.1) is 15.8 Å². The van der Waals surface area contributed by atoms with Gasteiger partial charge in [-0.3, -0.25) is 0 Å². The van der Waals surface area contributed by atoms with E-state index in [1.54, 1.807) is 23.6 Å². The first-order chi connectivity index (χ1) is 12.1. The van der Waals surface area contributed by atoms with Gasteiger partial charge < -0.3 is 10.8 Å². The van der Waals surface area contributed by atoms with Crippen molar-refractivity contribution in [3.8, 4) is 21.7 Å². The molecule has 0 fully saturated rings. The predicted molar refractivity (Wildman–Crippen MR) is 97.5 cm³/mol. The molecule has 3 aromatic heterocycles. The van der Waals surface area contributed by atoms with Crippen molar-refractivity contribution in [3.63, 3.8) is 0 Å². The second-order valence-electron chi connectivity index (χ2n) is 5.38. The molecule has 0 radical (unpaired) electrons. The zero-order valence-electron chi connectivity index (χ0n) is 12.9. The largest absolute Gasteiger partial charge is 0.477 e. The molecule has 0 spiro atoms. The normalized spacial score (nSPS) is 10.9. The van der Waals surface area contributed by atoms with Gasteiger partial charge in [0.15, 0.2) is 0 Å². The average molecular weight is 348 g/mol. The van der Waals surface area contributed by atoms with Gasteiger partial charge in [-0.05, 0) is 24.3 Å². The zero-order chi connectivity index (χ0) is 17.4. The summed E-state index contributed by atoms with van der Waals surface area (Å²) < 4.78 is 1.08. The fourth-order valence-corrected chi connectivity index (χ4v) is 3.47. The lowest BCUT2D eigenvalue weighted by atomic mass is 10.1. The molecule has 0 bridgehead atoms. The molecule has 0 aliphatic carbocycles. The highest BCUT2D eigenvalue weighted by Gasteiger charge is 2.12. The van der Waals surface area contributed by atoms with Gasteiger partial charge in [0, 0.05) is 23.5 Å². The highest BCUT2D eigenvalue weighted by atomic mass is 32.1. The fourth-order valence-electron chi connectivity index (χ4n) is 2.48. The Morgan fingerprint density at radius 3 is 2.56 bits per heavy atom.